The lowest BCUT2D eigenvalue weighted by Crippen LogP contribution is -2.53. The van der Waals surface area contributed by atoms with Crippen LogP contribution in [0.1, 0.15) is 86.6 Å². The summed E-state index contributed by atoms with van der Waals surface area (Å²) in [5.74, 6) is 1.07. The molecule has 3 heterocycles. The van der Waals surface area contributed by atoms with Crippen molar-refractivity contribution < 1.29 is 17.9 Å². The summed E-state index contributed by atoms with van der Waals surface area (Å²) in [5, 5.41) is 0. The number of aryl methyl sites for hydroxylation is 2. The van der Waals surface area contributed by atoms with Crippen LogP contribution in [-0.4, -0.2) is 64.9 Å². The lowest BCUT2D eigenvalue weighted by Gasteiger charge is -2.56. The van der Waals surface area contributed by atoms with Crippen molar-refractivity contribution >= 4 is 27.7 Å². The van der Waals surface area contributed by atoms with Crippen molar-refractivity contribution in [2.45, 2.75) is 96.7 Å². The minimum absolute atomic E-state index is 0.0759. The second-order valence-electron chi connectivity index (χ2n) is 15.8. The number of sulfonamides is 1. The van der Waals surface area contributed by atoms with E-state index in [0.717, 1.165) is 22.5 Å². The van der Waals surface area contributed by atoms with E-state index in [1.165, 1.54) is 44.2 Å². The number of benzene rings is 2. The van der Waals surface area contributed by atoms with Gasteiger partial charge in [0.15, 0.2) is 0 Å². The van der Waals surface area contributed by atoms with Gasteiger partial charge in [-0.05, 0) is 92.2 Å². The standard InChI is InChI=1S/C39H47N7O4S/c1-25-10-7-11-26(2)35(25)31-19-34-43-37(41-31)44-51(48,49)30-13-8-12-27(18-30)36(47)46(29(24-50-34)20-38(3,4)5)23-32-40-17-14-33(42-32)45(6)28-21-39(22-28)15-9-16-39/h7-8,10-14,17-19,28-29H,9,15-16,20-24H2,1-6H3,(H,41,43,44)/t29-/m1/s1. The third kappa shape index (κ3) is 7.28. The van der Waals surface area contributed by atoms with E-state index in [4.69, 9.17) is 9.72 Å². The summed E-state index contributed by atoms with van der Waals surface area (Å²) in [6.07, 6.45) is 8.67. The number of nitrogens with one attached hydrogen (secondary N) is 1. The minimum atomic E-state index is -4.18. The zero-order chi connectivity index (χ0) is 36.1. The van der Waals surface area contributed by atoms with Gasteiger partial charge in [0.1, 0.15) is 18.2 Å². The van der Waals surface area contributed by atoms with E-state index in [-0.39, 0.29) is 46.8 Å². The molecule has 2 aromatic heterocycles. The number of nitrogens with zero attached hydrogens (tertiary/aromatic N) is 6. The summed E-state index contributed by atoms with van der Waals surface area (Å²) in [5.41, 5.74) is 3.92. The number of hydrogen-bond acceptors (Lipinski definition) is 9. The summed E-state index contributed by atoms with van der Waals surface area (Å²) in [6, 6.07) is 15.7. The smallest absolute Gasteiger partial charge is 0.264 e. The molecular formula is C39H47N7O4S. The number of fused-ring (bicyclic) bond motifs is 4. The van der Waals surface area contributed by atoms with Crippen LogP contribution in [0.5, 0.6) is 5.88 Å². The van der Waals surface area contributed by atoms with Gasteiger partial charge in [0.25, 0.3) is 15.9 Å². The first-order chi connectivity index (χ1) is 24.2. The fourth-order valence-electron chi connectivity index (χ4n) is 7.85. The van der Waals surface area contributed by atoms with E-state index in [0.29, 0.717) is 29.4 Å². The van der Waals surface area contributed by atoms with Crippen molar-refractivity contribution in [1.82, 2.24) is 24.8 Å². The molecule has 12 heteroatoms. The van der Waals surface area contributed by atoms with Crippen LogP contribution in [0.2, 0.25) is 0 Å². The fraction of sp³-hybridized carbons (Fsp3) is 0.462. The molecule has 2 aliphatic carbocycles. The Bertz CT molecular complexity index is 2050. The van der Waals surface area contributed by atoms with Crippen LogP contribution in [0.4, 0.5) is 11.8 Å². The number of rotatable bonds is 6. The highest BCUT2D eigenvalue weighted by Crippen LogP contribution is 2.57. The van der Waals surface area contributed by atoms with Crippen LogP contribution in [0, 0.1) is 24.7 Å². The van der Waals surface area contributed by atoms with E-state index in [1.54, 1.807) is 29.3 Å². The highest BCUT2D eigenvalue weighted by Gasteiger charge is 2.49. The molecule has 7 rings (SSSR count). The third-order valence-corrected chi connectivity index (χ3v) is 12.0. The SMILES string of the molecule is Cc1cccc(C)c1-c1cc2nc(n1)NS(=O)(=O)c1cccc(c1)C(=O)N(Cc1nccc(N(C)C3CC4(CCC4)C3)n1)[C@H](CC(C)(C)C)CO2. The molecule has 0 radical (unpaired) electrons. The van der Waals surface area contributed by atoms with Crippen molar-refractivity contribution in [1.29, 1.82) is 0 Å². The van der Waals surface area contributed by atoms with Gasteiger partial charge < -0.3 is 14.5 Å². The molecule has 1 aliphatic heterocycles. The molecular weight excluding hydrogens is 663 g/mol. The van der Waals surface area contributed by atoms with Crippen molar-refractivity contribution in [2.24, 2.45) is 10.8 Å². The highest BCUT2D eigenvalue weighted by atomic mass is 32.2. The predicted octanol–water partition coefficient (Wildman–Crippen LogP) is 6.96. The van der Waals surface area contributed by atoms with Gasteiger partial charge in [-0.1, -0.05) is 51.5 Å². The first-order valence-electron chi connectivity index (χ1n) is 17.8. The average Bonchev–Trinajstić information content (AvgIpc) is 3.03. The second kappa shape index (κ2) is 13.2. The number of ether oxygens (including phenoxy) is 1. The van der Waals surface area contributed by atoms with E-state index < -0.39 is 16.1 Å². The van der Waals surface area contributed by atoms with Crippen molar-refractivity contribution in [3.63, 3.8) is 0 Å². The molecule has 2 saturated carbocycles. The Hall–Kier alpha value is -4.58. The quantitative estimate of drug-likeness (QED) is 0.226. The van der Waals surface area contributed by atoms with Gasteiger partial charge in [-0.2, -0.15) is 4.98 Å². The molecule has 1 amide bonds. The van der Waals surface area contributed by atoms with E-state index in [9.17, 15) is 13.2 Å². The molecule has 4 bridgehead atoms. The Kier molecular flexibility index (Phi) is 9.02. The lowest BCUT2D eigenvalue weighted by atomic mass is 9.54. The van der Waals surface area contributed by atoms with Gasteiger partial charge in [-0.15, -0.1) is 0 Å². The van der Waals surface area contributed by atoms with Crippen molar-refractivity contribution in [2.75, 3.05) is 23.3 Å². The number of carbonyl (C=O) groups excluding carboxylic acids is 1. The lowest BCUT2D eigenvalue weighted by molar-refractivity contribution is 0.0102. The van der Waals surface area contributed by atoms with Crippen LogP contribution in [0.15, 0.2) is 65.7 Å². The maximum absolute atomic E-state index is 14.6. The van der Waals surface area contributed by atoms with Gasteiger partial charge in [0.2, 0.25) is 11.8 Å². The summed E-state index contributed by atoms with van der Waals surface area (Å²) in [4.78, 5) is 37.2. The molecule has 0 saturated heterocycles. The van der Waals surface area contributed by atoms with Crippen molar-refractivity contribution in [3.05, 3.63) is 83.3 Å². The first kappa shape index (κ1) is 34.9. The molecule has 4 aromatic rings. The number of amides is 1. The van der Waals surface area contributed by atoms with E-state index in [2.05, 4.69) is 52.4 Å². The number of hydrogen-bond donors (Lipinski definition) is 1. The third-order valence-electron chi connectivity index (χ3n) is 10.7. The van der Waals surface area contributed by atoms with Crippen LogP contribution in [0.25, 0.3) is 11.3 Å². The zero-order valence-corrected chi connectivity index (χ0v) is 31.1. The second-order valence-corrected chi connectivity index (χ2v) is 17.5. The molecule has 1 spiro atoms. The Balaban J connectivity index is 1.28. The largest absolute Gasteiger partial charge is 0.475 e. The van der Waals surface area contributed by atoms with Gasteiger partial charge >= 0.3 is 0 Å². The molecule has 2 fully saturated rings. The number of aromatic nitrogens is 4. The summed E-state index contributed by atoms with van der Waals surface area (Å²) < 4.78 is 36.5. The zero-order valence-electron chi connectivity index (χ0n) is 30.3. The number of anilines is 2. The van der Waals surface area contributed by atoms with E-state index >= 15 is 0 Å². The van der Waals surface area contributed by atoms with Crippen LogP contribution in [-0.2, 0) is 16.6 Å². The fourth-order valence-corrected chi connectivity index (χ4v) is 8.84. The summed E-state index contributed by atoms with van der Waals surface area (Å²) >= 11 is 0. The van der Waals surface area contributed by atoms with Crippen LogP contribution < -0.4 is 14.4 Å². The molecule has 51 heavy (non-hydrogen) atoms. The van der Waals surface area contributed by atoms with E-state index in [1.807, 2.05) is 38.1 Å². The van der Waals surface area contributed by atoms with Gasteiger partial charge in [0.05, 0.1) is 23.2 Å². The normalized spacial score (nSPS) is 19.8. The highest BCUT2D eigenvalue weighted by molar-refractivity contribution is 7.92. The monoisotopic (exact) mass is 709 g/mol. The van der Waals surface area contributed by atoms with Gasteiger partial charge in [-0.3, -0.25) is 4.79 Å². The Morgan fingerprint density at radius 2 is 1.73 bits per heavy atom. The molecule has 3 aliphatic rings. The Morgan fingerprint density at radius 3 is 2.41 bits per heavy atom. The Morgan fingerprint density at radius 1 is 1.00 bits per heavy atom. The molecule has 1 N–H and O–H groups in total. The van der Waals surface area contributed by atoms with Crippen LogP contribution >= 0.6 is 0 Å². The Labute approximate surface area is 301 Å². The molecule has 268 valence electrons. The predicted molar refractivity (Wildman–Crippen MR) is 197 cm³/mol. The summed E-state index contributed by atoms with van der Waals surface area (Å²) in [6.45, 7) is 10.5. The summed E-state index contributed by atoms with van der Waals surface area (Å²) in [7, 11) is -2.09. The topological polar surface area (TPSA) is 131 Å². The average molecular weight is 710 g/mol. The minimum Gasteiger partial charge on any atom is -0.475 e. The molecule has 1 atom stereocenters. The molecule has 11 nitrogen and oxygen atoms in total. The first-order valence-corrected chi connectivity index (χ1v) is 19.2. The maximum Gasteiger partial charge on any atom is 0.264 e. The van der Waals surface area contributed by atoms with Crippen LogP contribution in [0.3, 0.4) is 0 Å². The maximum atomic E-state index is 14.6. The van der Waals surface area contributed by atoms with Gasteiger partial charge in [0, 0.05) is 36.5 Å². The molecule has 2 aromatic carbocycles. The number of carbonyl (C=O) groups is 1. The molecule has 0 unspecified atom stereocenters. The van der Waals surface area contributed by atoms with Gasteiger partial charge in [-0.25, -0.2) is 28.1 Å². The van der Waals surface area contributed by atoms with Crippen molar-refractivity contribution in [3.8, 4) is 17.1 Å².